The summed E-state index contributed by atoms with van der Waals surface area (Å²) in [5.74, 6) is 0. The highest BCUT2D eigenvalue weighted by Gasteiger charge is 2.25. The molecule has 2 nitrogen and oxygen atoms in total. The minimum atomic E-state index is 0.430. The van der Waals surface area contributed by atoms with Gasteiger partial charge in [0, 0.05) is 18.6 Å². The number of rotatable bonds is 3. The maximum Gasteiger partial charge on any atom is 0.0481 e. The van der Waals surface area contributed by atoms with Crippen molar-refractivity contribution in [2.24, 2.45) is 5.73 Å². The summed E-state index contributed by atoms with van der Waals surface area (Å²) in [6.45, 7) is 4.29. The Balaban J connectivity index is 2.12. The fraction of sp³-hybridized carbons (Fsp3) is 0.692. The minimum Gasteiger partial charge on any atom is -0.329 e. The van der Waals surface area contributed by atoms with Gasteiger partial charge in [-0.3, -0.25) is 4.90 Å². The van der Waals surface area contributed by atoms with Crippen LogP contribution in [0.5, 0.6) is 0 Å². The van der Waals surface area contributed by atoms with E-state index in [1.165, 1.54) is 37.8 Å². The van der Waals surface area contributed by atoms with Crippen LogP contribution in [0.15, 0.2) is 16.8 Å². The molecule has 90 valence electrons. The third-order valence-electron chi connectivity index (χ3n) is 3.66. The molecule has 0 saturated carbocycles. The number of nitrogens with two attached hydrogens (primary N) is 1. The molecular formula is C13H22N2S. The molecule has 2 unspecified atom stereocenters. The second-order valence-corrected chi connectivity index (χ2v) is 5.52. The number of thiophene rings is 1. The number of hydrogen-bond acceptors (Lipinski definition) is 3. The molecule has 0 aliphatic carbocycles. The van der Waals surface area contributed by atoms with Crippen molar-refractivity contribution >= 4 is 11.3 Å². The van der Waals surface area contributed by atoms with E-state index in [2.05, 4.69) is 28.7 Å². The van der Waals surface area contributed by atoms with E-state index in [1.54, 1.807) is 11.3 Å². The van der Waals surface area contributed by atoms with E-state index in [0.717, 1.165) is 6.54 Å². The first kappa shape index (κ1) is 12.1. The topological polar surface area (TPSA) is 29.3 Å². The highest BCUT2D eigenvalue weighted by Crippen LogP contribution is 2.28. The summed E-state index contributed by atoms with van der Waals surface area (Å²) < 4.78 is 0. The van der Waals surface area contributed by atoms with Crippen LogP contribution in [0.25, 0.3) is 0 Å². The van der Waals surface area contributed by atoms with Crippen molar-refractivity contribution in [3.63, 3.8) is 0 Å². The van der Waals surface area contributed by atoms with Crippen molar-refractivity contribution in [1.82, 2.24) is 4.90 Å². The molecule has 2 heterocycles. The van der Waals surface area contributed by atoms with Crippen LogP contribution in [0, 0.1) is 0 Å². The first-order valence-electron chi connectivity index (χ1n) is 6.31. The van der Waals surface area contributed by atoms with Gasteiger partial charge in [-0.15, -0.1) is 0 Å². The second kappa shape index (κ2) is 5.80. The predicted molar refractivity (Wildman–Crippen MR) is 70.8 cm³/mol. The second-order valence-electron chi connectivity index (χ2n) is 4.74. The molecule has 16 heavy (non-hydrogen) atoms. The van der Waals surface area contributed by atoms with Gasteiger partial charge in [0.15, 0.2) is 0 Å². The molecule has 0 bridgehead atoms. The van der Waals surface area contributed by atoms with E-state index in [9.17, 15) is 0 Å². The highest BCUT2D eigenvalue weighted by molar-refractivity contribution is 7.07. The fourth-order valence-corrected chi connectivity index (χ4v) is 3.39. The molecule has 3 heteroatoms. The monoisotopic (exact) mass is 238 g/mol. The fourth-order valence-electron chi connectivity index (χ4n) is 2.69. The third-order valence-corrected chi connectivity index (χ3v) is 4.36. The van der Waals surface area contributed by atoms with Crippen LogP contribution in [0.2, 0.25) is 0 Å². The van der Waals surface area contributed by atoms with Gasteiger partial charge in [-0.25, -0.2) is 0 Å². The van der Waals surface area contributed by atoms with Crippen LogP contribution < -0.4 is 5.73 Å². The van der Waals surface area contributed by atoms with Crippen molar-refractivity contribution in [3.8, 4) is 0 Å². The molecule has 2 N–H and O–H groups in total. The largest absolute Gasteiger partial charge is 0.329 e. The van der Waals surface area contributed by atoms with Gasteiger partial charge in [0.2, 0.25) is 0 Å². The molecule has 1 saturated heterocycles. The molecule has 1 aromatic heterocycles. The van der Waals surface area contributed by atoms with Gasteiger partial charge in [0.05, 0.1) is 0 Å². The molecule has 0 aromatic carbocycles. The summed E-state index contributed by atoms with van der Waals surface area (Å²) >= 11 is 1.77. The van der Waals surface area contributed by atoms with Crippen LogP contribution in [0.4, 0.5) is 0 Å². The van der Waals surface area contributed by atoms with Crippen LogP contribution in [-0.4, -0.2) is 24.0 Å². The van der Waals surface area contributed by atoms with Gasteiger partial charge in [0.1, 0.15) is 0 Å². The zero-order chi connectivity index (χ0) is 11.4. The maximum absolute atomic E-state index is 5.97. The zero-order valence-electron chi connectivity index (χ0n) is 10.1. The molecule has 1 fully saturated rings. The van der Waals surface area contributed by atoms with Gasteiger partial charge >= 0.3 is 0 Å². The first-order valence-corrected chi connectivity index (χ1v) is 7.25. The summed E-state index contributed by atoms with van der Waals surface area (Å²) in [6, 6.07) is 3.33. The Labute approximate surface area is 102 Å². The minimum absolute atomic E-state index is 0.430. The van der Waals surface area contributed by atoms with Crippen molar-refractivity contribution in [3.05, 3.63) is 22.4 Å². The van der Waals surface area contributed by atoms with Crippen molar-refractivity contribution < 1.29 is 0 Å². The Kier molecular flexibility index (Phi) is 4.38. The Morgan fingerprint density at radius 3 is 3.06 bits per heavy atom. The van der Waals surface area contributed by atoms with Crippen LogP contribution in [-0.2, 0) is 0 Å². The quantitative estimate of drug-likeness (QED) is 0.877. The Hall–Kier alpha value is -0.380. The molecule has 2 atom stereocenters. The number of hydrogen-bond donors (Lipinski definition) is 1. The molecule has 0 radical (unpaired) electrons. The summed E-state index contributed by atoms with van der Waals surface area (Å²) in [6.07, 6.45) is 5.39. The van der Waals surface area contributed by atoms with Gasteiger partial charge in [-0.2, -0.15) is 11.3 Å². The molecule has 1 aliphatic rings. The lowest BCUT2D eigenvalue weighted by atomic mass is 10.1. The van der Waals surface area contributed by atoms with Crippen LogP contribution >= 0.6 is 11.3 Å². The van der Waals surface area contributed by atoms with Gasteiger partial charge < -0.3 is 5.73 Å². The average molecular weight is 238 g/mol. The molecule has 2 rings (SSSR count). The SMILES string of the molecule is CC1CCCCCN1C(CN)c1ccsc1. The molecular weight excluding hydrogens is 216 g/mol. The Bertz CT molecular complexity index is 297. The summed E-state index contributed by atoms with van der Waals surface area (Å²) in [7, 11) is 0. The lowest BCUT2D eigenvalue weighted by molar-refractivity contribution is 0.151. The van der Waals surface area contributed by atoms with Crippen LogP contribution in [0.3, 0.4) is 0 Å². The smallest absolute Gasteiger partial charge is 0.0481 e. The maximum atomic E-state index is 5.97. The van der Waals surface area contributed by atoms with Gasteiger partial charge in [0.25, 0.3) is 0 Å². The van der Waals surface area contributed by atoms with E-state index in [0.29, 0.717) is 12.1 Å². The summed E-state index contributed by atoms with van der Waals surface area (Å²) in [5, 5.41) is 4.40. The molecule has 0 spiro atoms. The average Bonchev–Trinajstić information content (AvgIpc) is 2.72. The Morgan fingerprint density at radius 1 is 1.50 bits per heavy atom. The van der Waals surface area contributed by atoms with Crippen molar-refractivity contribution in [2.45, 2.75) is 44.7 Å². The molecule has 0 amide bonds. The van der Waals surface area contributed by atoms with Gasteiger partial charge in [-0.1, -0.05) is 12.8 Å². The van der Waals surface area contributed by atoms with E-state index in [1.807, 2.05) is 0 Å². The predicted octanol–water partition coefficient (Wildman–Crippen LogP) is 3.01. The summed E-state index contributed by atoms with van der Waals surface area (Å²) in [5.41, 5.74) is 7.37. The van der Waals surface area contributed by atoms with Crippen LogP contribution in [0.1, 0.15) is 44.2 Å². The standard InChI is InChI=1S/C13H22N2S/c1-11-5-3-2-4-7-15(11)13(9-14)12-6-8-16-10-12/h6,8,10-11,13H,2-5,7,9,14H2,1H3. The molecule has 1 aliphatic heterocycles. The Morgan fingerprint density at radius 2 is 2.38 bits per heavy atom. The van der Waals surface area contributed by atoms with Crippen molar-refractivity contribution in [1.29, 1.82) is 0 Å². The van der Waals surface area contributed by atoms with Gasteiger partial charge in [-0.05, 0) is 48.7 Å². The van der Waals surface area contributed by atoms with Crippen molar-refractivity contribution in [2.75, 3.05) is 13.1 Å². The highest BCUT2D eigenvalue weighted by atomic mass is 32.1. The van der Waals surface area contributed by atoms with E-state index >= 15 is 0 Å². The van der Waals surface area contributed by atoms with E-state index in [4.69, 9.17) is 5.73 Å². The molecule has 1 aromatic rings. The first-order chi connectivity index (χ1) is 7.83. The number of nitrogens with zero attached hydrogens (tertiary/aromatic N) is 1. The lowest BCUT2D eigenvalue weighted by Crippen LogP contribution is -2.39. The third kappa shape index (κ3) is 2.65. The van der Waals surface area contributed by atoms with E-state index in [-0.39, 0.29) is 0 Å². The van der Waals surface area contributed by atoms with E-state index < -0.39 is 0 Å². The number of likely N-dealkylation sites (tertiary alicyclic amines) is 1. The normalized spacial score (nSPS) is 25.2. The zero-order valence-corrected chi connectivity index (χ0v) is 10.9. The lowest BCUT2D eigenvalue weighted by Gasteiger charge is -2.34. The summed E-state index contributed by atoms with van der Waals surface area (Å²) in [4.78, 5) is 2.61.